The third kappa shape index (κ3) is 40.6. The van der Waals surface area contributed by atoms with Crippen LogP contribution in [0.2, 0.25) is 0 Å². The second-order valence-corrected chi connectivity index (χ2v) is 19.5. The van der Waals surface area contributed by atoms with Gasteiger partial charge in [0.2, 0.25) is 0 Å². The lowest BCUT2D eigenvalue weighted by molar-refractivity contribution is -0.301. The van der Waals surface area contributed by atoms with E-state index < -0.39 is 67.3 Å². The second-order valence-electron chi connectivity index (χ2n) is 19.5. The molecule has 1 fully saturated rings. The van der Waals surface area contributed by atoms with Crippen molar-refractivity contribution in [3.63, 3.8) is 0 Å². The minimum atomic E-state index is -1.92. The number of carboxylic acids is 1. The maximum absolute atomic E-state index is 13.1. The summed E-state index contributed by atoms with van der Waals surface area (Å²) < 4.78 is 28.3. The molecular formula is C63H102O12. The summed E-state index contributed by atoms with van der Waals surface area (Å²) in [5, 5.41) is 31.5. The SMILES string of the molecule is CC/C=C\C/C=C\C/C=C\C/C=C\C/C=C\CC(=O)OCC(COC1OC(C(=O)O)C(O)C(O)C1OC(=O)CCCCCCC/C=C\C/C=C\C/C=C\CC)OC(=O)CCCCCCCCCCCCCCCCC. The van der Waals surface area contributed by atoms with Crippen molar-refractivity contribution in [1.29, 1.82) is 0 Å². The number of aliphatic carboxylic acids is 1. The third-order valence-electron chi connectivity index (χ3n) is 12.7. The van der Waals surface area contributed by atoms with Crippen LogP contribution in [0.4, 0.5) is 0 Å². The Labute approximate surface area is 453 Å². The predicted octanol–water partition coefficient (Wildman–Crippen LogP) is 14.9. The fraction of sp³-hybridized carbons (Fsp3) is 0.683. The van der Waals surface area contributed by atoms with E-state index in [2.05, 4.69) is 99.8 Å². The third-order valence-corrected chi connectivity index (χ3v) is 12.7. The highest BCUT2D eigenvalue weighted by atomic mass is 16.7. The Hall–Kier alpha value is -4.36. The summed E-state index contributed by atoms with van der Waals surface area (Å²) in [6.45, 7) is 5.67. The van der Waals surface area contributed by atoms with Crippen LogP contribution in [0.5, 0.6) is 0 Å². The van der Waals surface area contributed by atoms with Gasteiger partial charge in [0.25, 0.3) is 0 Å². The van der Waals surface area contributed by atoms with Gasteiger partial charge in [0.1, 0.15) is 18.8 Å². The number of carboxylic acid groups (broad SMARTS) is 1. The minimum absolute atomic E-state index is 0.0184. The van der Waals surface area contributed by atoms with Crippen molar-refractivity contribution in [2.75, 3.05) is 13.2 Å². The molecule has 0 aromatic heterocycles. The number of carbonyl (C=O) groups excluding carboxylic acids is 3. The Morgan fingerprint density at radius 3 is 1.35 bits per heavy atom. The molecule has 12 heteroatoms. The summed E-state index contributed by atoms with van der Waals surface area (Å²) in [5.41, 5.74) is 0. The largest absolute Gasteiger partial charge is 0.479 e. The molecule has 6 unspecified atom stereocenters. The van der Waals surface area contributed by atoms with Gasteiger partial charge < -0.3 is 39.0 Å². The Morgan fingerprint density at radius 1 is 0.467 bits per heavy atom. The summed E-state index contributed by atoms with van der Waals surface area (Å²) >= 11 is 0. The van der Waals surface area contributed by atoms with Gasteiger partial charge in [-0.25, -0.2) is 4.79 Å². The number of rotatable bonds is 48. The summed E-state index contributed by atoms with van der Waals surface area (Å²) in [4.78, 5) is 51.0. The van der Waals surface area contributed by atoms with Crippen molar-refractivity contribution in [3.8, 4) is 0 Å². The van der Waals surface area contributed by atoms with Gasteiger partial charge in [-0.05, 0) is 77.0 Å². The monoisotopic (exact) mass is 1050 g/mol. The first-order valence-corrected chi connectivity index (χ1v) is 29.2. The molecule has 1 rings (SSSR count). The lowest BCUT2D eigenvalue weighted by atomic mass is 9.98. The molecule has 75 heavy (non-hydrogen) atoms. The van der Waals surface area contributed by atoms with Crippen LogP contribution in [-0.2, 0) is 42.9 Å². The number of aliphatic hydroxyl groups excluding tert-OH is 2. The Kier molecular flexibility index (Phi) is 46.2. The van der Waals surface area contributed by atoms with Gasteiger partial charge in [-0.2, -0.15) is 0 Å². The molecule has 6 atom stereocenters. The molecule has 0 amide bonds. The molecule has 0 spiro atoms. The molecule has 12 nitrogen and oxygen atoms in total. The highest BCUT2D eigenvalue weighted by Gasteiger charge is 2.50. The van der Waals surface area contributed by atoms with Crippen LogP contribution in [0, 0.1) is 0 Å². The van der Waals surface area contributed by atoms with Crippen molar-refractivity contribution in [2.45, 2.75) is 263 Å². The van der Waals surface area contributed by atoms with Gasteiger partial charge in [0.15, 0.2) is 24.6 Å². The molecular weight excluding hydrogens is 949 g/mol. The van der Waals surface area contributed by atoms with E-state index >= 15 is 0 Å². The Morgan fingerprint density at radius 2 is 0.880 bits per heavy atom. The van der Waals surface area contributed by atoms with E-state index in [-0.39, 0.29) is 25.9 Å². The zero-order valence-electron chi connectivity index (χ0n) is 46.8. The molecule has 0 aromatic carbocycles. The Bertz CT molecular complexity index is 1670. The van der Waals surface area contributed by atoms with Crippen molar-refractivity contribution in [1.82, 2.24) is 0 Å². The molecule has 0 saturated carbocycles. The quantitative estimate of drug-likeness (QED) is 0.0228. The zero-order valence-corrected chi connectivity index (χ0v) is 46.8. The van der Waals surface area contributed by atoms with Crippen LogP contribution >= 0.6 is 0 Å². The van der Waals surface area contributed by atoms with Crippen LogP contribution in [0.3, 0.4) is 0 Å². The number of ether oxygens (including phenoxy) is 5. The van der Waals surface area contributed by atoms with Crippen LogP contribution in [-0.4, -0.2) is 89.2 Å². The maximum Gasteiger partial charge on any atom is 0.335 e. The van der Waals surface area contributed by atoms with Crippen molar-refractivity contribution >= 4 is 23.9 Å². The minimum Gasteiger partial charge on any atom is -0.479 e. The van der Waals surface area contributed by atoms with E-state index in [1.54, 1.807) is 6.08 Å². The van der Waals surface area contributed by atoms with Crippen LogP contribution < -0.4 is 0 Å². The number of aliphatic hydroxyl groups is 2. The van der Waals surface area contributed by atoms with Crippen LogP contribution in [0.1, 0.15) is 226 Å². The van der Waals surface area contributed by atoms with E-state index in [0.29, 0.717) is 19.3 Å². The summed E-state index contributed by atoms with van der Waals surface area (Å²) in [5.74, 6) is -3.31. The van der Waals surface area contributed by atoms with Gasteiger partial charge in [0, 0.05) is 12.8 Å². The normalized spacial score (nSPS) is 18.9. The van der Waals surface area contributed by atoms with Crippen molar-refractivity contribution < 1.29 is 58.2 Å². The van der Waals surface area contributed by atoms with Gasteiger partial charge >= 0.3 is 23.9 Å². The number of carbonyl (C=O) groups is 4. The number of esters is 3. The molecule has 1 aliphatic heterocycles. The smallest absolute Gasteiger partial charge is 0.335 e. The summed E-state index contributed by atoms with van der Waals surface area (Å²) in [7, 11) is 0. The number of unbranched alkanes of at least 4 members (excludes halogenated alkanes) is 19. The standard InChI is InChI=1S/C63H102O12/c1-4-7-10-13-16-19-22-25-28-31-34-37-40-43-46-49-55(64)71-52-54(73-56(65)50-47-44-41-38-35-32-29-26-23-20-17-14-11-8-5-2)53-72-63-61(59(68)58(67)60(75-63)62(69)70)74-57(66)51-48-45-42-39-36-33-30-27-24-21-18-15-12-9-6-3/h7,9-10,12,16,18-19,21,25,27-28,30,34,37,43,46,54,58-61,63,67-68H,4-6,8,11,13-15,17,20,22-24,26,29,31-33,35-36,38-42,44-45,47-53H2,1-3H3,(H,69,70)/b10-7-,12-9-,19-16-,21-18-,28-25-,30-27-,37-34-,46-43-. The molecule has 0 radical (unpaired) electrons. The van der Waals surface area contributed by atoms with Crippen molar-refractivity contribution in [2.24, 2.45) is 0 Å². The van der Waals surface area contributed by atoms with Gasteiger partial charge in [0.05, 0.1) is 13.0 Å². The molecule has 426 valence electrons. The fourth-order valence-electron chi connectivity index (χ4n) is 8.28. The molecule has 1 saturated heterocycles. The van der Waals surface area contributed by atoms with E-state index in [9.17, 15) is 34.5 Å². The van der Waals surface area contributed by atoms with Gasteiger partial charge in [-0.3, -0.25) is 14.4 Å². The molecule has 1 heterocycles. The number of allylic oxidation sites excluding steroid dienone is 15. The van der Waals surface area contributed by atoms with Gasteiger partial charge in [-0.1, -0.05) is 227 Å². The maximum atomic E-state index is 13.1. The summed E-state index contributed by atoms with van der Waals surface area (Å²) in [6.07, 6.45) is 54.0. The topological polar surface area (TPSA) is 175 Å². The lowest BCUT2D eigenvalue weighted by Gasteiger charge is -2.40. The van der Waals surface area contributed by atoms with Crippen LogP contribution in [0.15, 0.2) is 97.2 Å². The highest BCUT2D eigenvalue weighted by Crippen LogP contribution is 2.26. The molecule has 3 N–H and O–H groups in total. The number of hydrogen-bond acceptors (Lipinski definition) is 11. The first-order chi connectivity index (χ1) is 36.6. The molecule has 0 aromatic rings. The van der Waals surface area contributed by atoms with E-state index in [1.165, 1.54) is 70.6 Å². The fourth-order valence-corrected chi connectivity index (χ4v) is 8.28. The zero-order chi connectivity index (χ0) is 54.7. The van der Waals surface area contributed by atoms with Crippen molar-refractivity contribution in [3.05, 3.63) is 97.2 Å². The second kappa shape index (κ2) is 50.5. The van der Waals surface area contributed by atoms with Crippen LogP contribution in [0.25, 0.3) is 0 Å². The average molecular weight is 1050 g/mol. The molecule has 1 aliphatic rings. The predicted molar refractivity (Wildman–Crippen MR) is 303 cm³/mol. The first kappa shape index (κ1) is 68.7. The molecule has 0 bridgehead atoms. The van der Waals surface area contributed by atoms with E-state index in [4.69, 9.17) is 23.7 Å². The Balaban J connectivity index is 2.76. The average Bonchev–Trinajstić information content (AvgIpc) is 3.39. The van der Waals surface area contributed by atoms with E-state index in [1.807, 2.05) is 12.2 Å². The first-order valence-electron chi connectivity index (χ1n) is 29.2. The van der Waals surface area contributed by atoms with Gasteiger partial charge in [-0.15, -0.1) is 0 Å². The van der Waals surface area contributed by atoms with E-state index in [0.717, 1.165) is 96.3 Å². The molecule has 0 aliphatic carbocycles. The lowest BCUT2D eigenvalue weighted by Crippen LogP contribution is -2.61. The summed E-state index contributed by atoms with van der Waals surface area (Å²) in [6, 6.07) is 0. The number of hydrogen-bond donors (Lipinski definition) is 3. The highest BCUT2D eigenvalue weighted by molar-refractivity contribution is 5.74.